The highest BCUT2D eigenvalue weighted by Crippen LogP contribution is 2.22. The number of rotatable bonds is 7. The summed E-state index contributed by atoms with van der Waals surface area (Å²) >= 11 is 6.91. The average molecular weight is 386 g/mol. The van der Waals surface area contributed by atoms with E-state index in [4.69, 9.17) is 4.74 Å². The van der Waals surface area contributed by atoms with Crippen LogP contribution in [0.5, 0.6) is 5.75 Å². The van der Waals surface area contributed by atoms with Gasteiger partial charge in [-0.1, -0.05) is 0 Å². The lowest BCUT2D eigenvalue weighted by atomic mass is 10.2. The summed E-state index contributed by atoms with van der Waals surface area (Å²) in [5.41, 5.74) is 1.93. The maximum absolute atomic E-state index is 12.1. The third kappa shape index (κ3) is 5.05. The highest BCUT2D eigenvalue weighted by Gasteiger charge is 2.10. The maximum Gasteiger partial charge on any atom is 0.252 e. The summed E-state index contributed by atoms with van der Waals surface area (Å²) < 4.78 is 5.91. The van der Waals surface area contributed by atoms with Gasteiger partial charge in [-0.15, -0.1) is 0 Å². The number of hydrogen-bond acceptors (Lipinski definition) is 4. The molecule has 0 radical (unpaired) electrons. The van der Waals surface area contributed by atoms with Gasteiger partial charge in [0.05, 0.1) is 12.7 Å². The second kappa shape index (κ2) is 8.46. The second-order valence-corrected chi connectivity index (χ2v) is 7.03. The lowest BCUT2D eigenvalue weighted by Gasteiger charge is -2.08. The summed E-state index contributed by atoms with van der Waals surface area (Å²) in [5.74, 6) is 2.47. The van der Waals surface area contributed by atoms with Gasteiger partial charge in [-0.2, -0.15) is 23.1 Å². The van der Waals surface area contributed by atoms with Crippen LogP contribution in [-0.2, 0) is 5.75 Å². The molecule has 0 aliphatic carbocycles. The Balaban J connectivity index is 1.76. The van der Waals surface area contributed by atoms with Gasteiger partial charge in [-0.3, -0.25) is 4.79 Å². The van der Waals surface area contributed by atoms with Crippen LogP contribution in [0.15, 0.2) is 39.5 Å². The molecule has 1 aromatic carbocycles. The van der Waals surface area contributed by atoms with Gasteiger partial charge in [-0.25, -0.2) is 0 Å². The van der Waals surface area contributed by atoms with Crippen LogP contribution in [0.25, 0.3) is 0 Å². The Morgan fingerprint density at radius 3 is 3.00 bits per heavy atom. The van der Waals surface area contributed by atoms with E-state index in [2.05, 4.69) is 38.1 Å². The molecule has 112 valence electrons. The molecule has 0 unspecified atom stereocenters. The third-order valence-electron chi connectivity index (χ3n) is 2.80. The molecule has 0 bridgehead atoms. The number of benzene rings is 1. The lowest BCUT2D eigenvalue weighted by Crippen LogP contribution is -2.26. The summed E-state index contributed by atoms with van der Waals surface area (Å²) in [4.78, 5) is 12.1. The highest BCUT2D eigenvalue weighted by atomic mass is 79.9. The highest BCUT2D eigenvalue weighted by molar-refractivity contribution is 9.10. The zero-order chi connectivity index (χ0) is 15.1. The van der Waals surface area contributed by atoms with Crippen molar-refractivity contribution in [1.82, 2.24) is 5.32 Å². The van der Waals surface area contributed by atoms with E-state index in [0.29, 0.717) is 17.9 Å². The van der Waals surface area contributed by atoms with E-state index in [1.165, 1.54) is 5.56 Å². The molecule has 3 nitrogen and oxygen atoms in total. The summed E-state index contributed by atoms with van der Waals surface area (Å²) in [5, 5.41) is 7.16. The van der Waals surface area contributed by atoms with Crippen molar-refractivity contribution in [3.05, 3.63) is 50.6 Å². The molecule has 21 heavy (non-hydrogen) atoms. The number of thiophene rings is 1. The Bertz CT molecular complexity index is 587. The number of nitrogens with one attached hydrogen (secondary N) is 1. The molecule has 0 saturated carbocycles. The number of amides is 1. The topological polar surface area (TPSA) is 38.3 Å². The fourth-order valence-electron chi connectivity index (χ4n) is 1.70. The number of ether oxygens (including phenoxy) is 1. The van der Waals surface area contributed by atoms with Crippen LogP contribution in [-0.4, -0.2) is 25.3 Å². The normalized spacial score (nSPS) is 10.4. The second-order valence-electron chi connectivity index (χ2n) is 4.29. The van der Waals surface area contributed by atoms with Crippen molar-refractivity contribution in [3.8, 4) is 5.75 Å². The standard InChI is InChI=1S/C15H16BrNO2S2/c1-19-12-2-3-14(16)13(8-12)15(18)17-5-7-21-10-11-4-6-20-9-11/h2-4,6,8-9H,5,7,10H2,1H3,(H,17,18). The van der Waals surface area contributed by atoms with Gasteiger partial charge in [0, 0.05) is 22.5 Å². The van der Waals surface area contributed by atoms with Crippen molar-refractivity contribution >= 4 is 44.9 Å². The van der Waals surface area contributed by atoms with Gasteiger partial charge >= 0.3 is 0 Å². The molecule has 0 fully saturated rings. The predicted octanol–water partition coefficient (Wildman–Crippen LogP) is 4.18. The smallest absolute Gasteiger partial charge is 0.252 e. The van der Waals surface area contributed by atoms with E-state index in [0.717, 1.165) is 16.0 Å². The first-order valence-corrected chi connectivity index (χ1v) is 9.30. The molecule has 0 atom stereocenters. The quantitative estimate of drug-likeness (QED) is 0.726. The molecular formula is C15H16BrNO2S2. The Morgan fingerprint density at radius 1 is 1.43 bits per heavy atom. The van der Waals surface area contributed by atoms with E-state index >= 15 is 0 Å². The molecule has 1 heterocycles. The fraction of sp³-hybridized carbons (Fsp3) is 0.267. The first kappa shape index (κ1) is 16.4. The van der Waals surface area contributed by atoms with Crippen LogP contribution in [0.3, 0.4) is 0 Å². The molecule has 2 aromatic rings. The summed E-state index contributed by atoms with van der Waals surface area (Å²) in [6, 6.07) is 7.50. The van der Waals surface area contributed by atoms with Gasteiger partial charge in [0.2, 0.25) is 0 Å². The van der Waals surface area contributed by atoms with E-state index in [-0.39, 0.29) is 5.91 Å². The van der Waals surface area contributed by atoms with Crippen molar-refractivity contribution < 1.29 is 9.53 Å². The van der Waals surface area contributed by atoms with Crippen LogP contribution in [0, 0.1) is 0 Å². The van der Waals surface area contributed by atoms with Crippen molar-refractivity contribution in [2.45, 2.75) is 5.75 Å². The van der Waals surface area contributed by atoms with Gasteiger partial charge < -0.3 is 10.1 Å². The first-order chi connectivity index (χ1) is 10.2. The van der Waals surface area contributed by atoms with Gasteiger partial charge in [0.15, 0.2) is 0 Å². The van der Waals surface area contributed by atoms with Crippen LogP contribution in [0.2, 0.25) is 0 Å². The summed E-state index contributed by atoms with van der Waals surface area (Å²) in [7, 11) is 1.59. The molecular weight excluding hydrogens is 370 g/mol. The lowest BCUT2D eigenvalue weighted by molar-refractivity contribution is 0.0955. The number of carbonyl (C=O) groups is 1. The molecule has 0 aliphatic rings. The largest absolute Gasteiger partial charge is 0.497 e. The molecule has 1 N–H and O–H groups in total. The number of hydrogen-bond donors (Lipinski definition) is 1. The van der Waals surface area contributed by atoms with Crippen molar-refractivity contribution in [3.63, 3.8) is 0 Å². The molecule has 2 rings (SSSR count). The van der Waals surface area contributed by atoms with Crippen LogP contribution in [0.1, 0.15) is 15.9 Å². The van der Waals surface area contributed by atoms with Crippen molar-refractivity contribution in [2.75, 3.05) is 19.4 Å². The van der Waals surface area contributed by atoms with Crippen LogP contribution >= 0.6 is 39.0 Å². The van der Waals surface area contributed by atoms with Gasteiger partial charge in [-0.05, 0) is 56.5 Å². The maximum atomic E-state index is 12.1. The Kier molecular flexibility index (Phi) is 6.60. The monoisotopic (exact) mass is 385 g/mol. The number of methoxy groups -OCH3 is 1. The average Bonchev–Trinajstić information content (AvgIpc) is 3.00. The molecule has 1 aromatic heterocycles. The van der Waals surface area contributed by atoms with Crippen molar-refractivity contribution in [1.29, 1.82) is 0 Å². The Labute approximate surface area is 141 Å². The minimum Gasteiger partial charge on any atom is -0.497 e. The number of halogens is 1. The third-order valence-corrected chi connectivity index (χ3v) is 5.25. The minimum absolute atomic E-state index is 0.0862. The molecule has 0 saturated heterocycles. The SMILES string of the molecule is COc1ccc(Br)c(C(=O)NCCSCc2ccsc2)c1. The Hall–Kier alpha value is -0.980. The van der Waals surface area contributed by atoms with E-state index < -0.39 is 0 Å². The van der Waals surface area contributed by atoms with E-state index in [1.807, 2.05) is 23.9 Å². The summed E-state index contributed by atoms with van der Waals surface area (Å²) in [6.07, 6.45) is 0. The van der Waals surface area contributed by atoms with E-state index in [9.17, 15) is 4.79 Å². The zero-order valence-corrected chi connectivity index (χ0v) is 14.8. The fourth-order valence-corrected chi connectivity index (χ4v) is 3.71. The summed E-state index contributed by atoms with van der Waals surface area (Å²) in [6.45, 7) is 0.650. The van der Waals surface area contributed by atoms with Gasteiger partial charge in [0.25, 0.3) is 5.91 Å². The molecule has 1 amide bonds. The molecule has 0 spiro atoms. The first-order valence-electron chi connectivity index (χ1n) is 6.41. The number of thioether (sulfide) groups is 1. The van der Waals surface area contributed by atoms with Gasteiger partial charge in [0.1, 0.15) is 5.75 Å². The van der Waals surface area contributed by atoms with Crippen LogP contribution in [0.4, 0.5) is 0 Å². The minimum atomic E-state index is -0.0862. The van der Waals surface area contributed by atoms with E-state index in [1.54, 1.807) is 24.5 Å². The molecule has 6 heteroatoms. The molecule has 0 aliphatic heterocycles. The zero-order valence-electron chi connectivity index (χ0n) is 11.6. The Morgan fingerprint density at radius 2 is 2.29 bits per heavy atom. The number of carbonyl (C=O) groups excluding carboxylic acids is 1. The van der Waals surface area contributed by atoms with Crippen LogP contribution < -0.4 is 10.1 Å². The van der Waals surface area contributed by atoms with Crippen molar-refractivity contribution in [2.24, 2.45) is 0 Å². The predicted molar refractivity (Wildman–Crippen MR) is 93.5 cm³/mol.